The molecule has 0 aromatic heterocycles. The summed E-state index contributed by atoms with van der Waals surface area (Å²) in [5.41, 5.74) is 1.89. The van der Waals surface area contributed by atoms with Gasteiger partial charge in [-0.3, -0.25) is 0 Å². The van der Waals surface area contributed by atoms with Crippen molar-refractivity contribution in [1.82, 2.24) is 0 Å². The third-order valence-corrected chi connectivity index (χ3v) is 8.65. The largest absolute Gasteiger partial charge is 0.529 e. The third kappa shape index (κ3) is 13.3. The van der Waals surface area contributed by atoms with E-state index >= 15 is 0 Å². The molecule has 0 rings (SSSR count). The normalized spacial score (nSPS) is 16.7. The predicted octanol–water partition coefficient (Wildman–Crippen LogP) is 8.35. The van der Waals surface area contributed by atoms with Gasteiger partial charge < -0.3 is 13.3 Å². The molecule has 0 aromatic rings. The molecule has 0 spiro atoms. The number of hydrogen-bond donors (Lipinski definition) is 0. The molecule has 0 bridgehead atoms. The molecule has 0 saturated heterocycles. The lowest BCUT2D eigenvalue weighted by Crippen LogP contribution is -2.47. The van der Waals surface area contributed by atoms with Gasteiger partial charge in [0, 0.05) is 19.8 Å². The Hall–Kier alpha value is -0.163. The monoisotopic (exact) mass is 442 g/mol. The molecule has 0 saturated carbocycles. The zero-order valence-corrected chi connectivity index (χ0v) is 22.3. The maximum Gasteiger partial charge on any atom is 0.529 e. The number of hydrogen-bond acceptors (Lipinski definition) is 3. The maximum atomic E-state index is 6.50. The van der Waals surface area contributed by atoms with Gasteiger partial charge in [-0.25, -0.2) is 0 Å². The van der Waals surface area contributed by atoms with Crippen molar-refractivity contribution in [2.45, 2.75) is 119 Å². The predicted molar refractivity (Wildman–Crippen MR) is 134 cm³/mol. The van der Waals surface area contributed by atoms with Crippen molar-refractivity contribution in [3.8, 4) is 0 Å². The SMILES string of the molecule is C=C[Si](OCC(CC)CCCC)(OCC(CC)CCCC)OCC(CC)CCCC. The van der Waals surface area contributed by atoms with Crippen LogP contribution >= 0.6 is 0 Å². The Morgan fingerprint density at radius 3 is 1.10 bits per heavy atom. The highest BCUT2D eigenvalue weighted by molar-refractivity contribution is 6.66. The summed E-state index contributed by atoms with van der Waals surface area (Å²) in [5.74, 6) is 1.73. The highest BCUT2D eigenvalue weighted by Gasteiger charge is 2.39. The van der Waals surface area contributed by atoms with Crippen LogP contribution in [0.3, 0.4) is 0 Å². The summed E-state index contributed by atoms with van der Waals surface area (Å²) in [4.78, 5) is 0. The lowest BCUT2D eigenvalue weighted by atomic mass is 10.0. The van der Waals surface area contributed by atoms with Gasteiger partial charge in [0.05, 0.1) is 0 Å². The molecule has 0 aliphatic carbocycles. The minimum atomic E-state index is -2.86. The van der Waals surface area contributed by atoms with Gasteiger partial charge in [0.1, 0.15) is 0 Å². The molecular formula is C26H54O3Si. The van der Waals surface area contributed by atoms with Crippen molar-refractivity contribution in [3.05, 3.63) is 12.3 Å². The van der Waals surface area contributed by atoms with Crippen molar-refractivity contribution in [1.29, 1.82) is 0 Å². The Balaban J connectivity index is 5.12. The van der Waals surface area contributed by atoms with Crippen molar-refractivity contribution < 1.29 is 13.3 Å². The summed E-state index contributed by atoms with van der Waals surface area (Å²) < 4.78 is 19.5. The van der Waals surface area contributed by atoms with Gasteiger partial charge in [0.25, 0.3) is 0 Å². The summed E-state index contributed by atoms with van der Waals surface area (Å²) in [6.07, 6.45) is 14.6. The molecule has 30 heavy (non-hydrogen) atoms. The lowest BCUT2D eigenvalue weighted by Gasteiger charge is -2.31. The molecule has 3 unspecified atom stereocenters. The fraction of sp³-hybridized carbons (Fsp3) is 0.923. The Kier molecular flexibility index (Phi) is 19.4. The maximum absolute atomic E-state index is 6.50. The molecule has 180 valence electrons. The molecule has 0 fully saturated rings. The second kappa shape index (κ2) is 19.5. The van der Waals surface area contributed by atoms with E-state index in [4.69, 9.17) is 13.3 Å². The molecule has 3 nitrogen and oxygen atoms in total. The van der Waals surface area contributed by atoms with Crippen LogP contribution in [0.25, 0.3) is 0 Å². The van der Waals surface area contributed by atoms with Crippen LogP contribution in [0.2, 0.25) is 0 Å². The van der Waals surface area contributed by atoms with Crippen LogP contribution < -0.4 is 0 Å². The first kappa shape index (κ1) is 29.8. The minimum Gasteiger partial charge on any atom is -0.370 e. The van der Waals surface area contributed by atoms with E-state index in [0.29, 0.717) is 17.8 Å². The van der Waals surface area contributed by atoms with E-state index in [1.54, 1.807) is 0 Å². The second-order valence-electron chi connectivity index (χ2n) is 8.99. The topological polar surface area (TPSA) is 27.7 Å². The van der Waals surface area contributed by atoms with Gasteiger partial charge in [-0.05, 0) is 42.7 Å². The Morgan fingerprint density at radius 2 is 0.900 bits per heavy atom. The van der Waals surface area contributed by atoms with E-state index in [2.05, 4.69) is 48.1 Å². The molecule has 0 heterocycles. The summed E-state index contributed by atoms with van der Waals surface area (Å²) >= 11 is 0. The van der Waals surface area contributed by atoms with E-state index in [0.717, 1.165) is 39.1 Å². The molecule has 0 N–H and O–H groups in total. The molecule has 4 heteroatoms. The van der Waals surface area contributed by atoms with Crippen molar-refractivity contribution in [2.24, 2.45) is 17.8 Å². The average Bonchev–Trinajstić information content (AvgIpc) is 2.78. The number of unbranched alkanes of at least 4 members (excludes halogenated alkanes) is 3. The lowest BCUT2D eigenvalue weighted by molar-refractivity contribution is 0.0349. The molecule has 0 amide bonds. The summed E-state index contributed by atoms with van der Waals surface area (Å²) in [6.45, 7) is 19.9. The highest BCUT2D eigenvalue weighted by atomic mass is 28.4. The quantitative estimate of drug-likeness (QED) is 0.158. The van der Waals surface area contributed by atoms with Crippen LogP contribution in [-0.4, -0.2) is 28.6 Å². The first-order valence-electron chi connectivity index (χ1n) is 13.1. The van der Waals surface area contributed by atoms with Crippen molar-refractivity contribution in [3.63, 3.8) is 0 Å². The zero-order valence-electron chi connectivity index (χ0n) is 21.3. The molecule has 3 atom stereocenters. The van der Waals surface area contributed by atoms with E-state index in [1.807, 2.05) is 5.70 Å². The van der Waals surface area contributed by atoms with Gasteiger partial charge in [-0.1, -0.05) is 106 Å². The standard InChI is InChI=1S/C26H54O3Si/c1-8-15-18-24(11-4)21-27-30(14-7,28-22-25(12-5)19-16-9-2)29-23-26(13-6)20-17-10-3/h14,24-26H,7-13,15-23H2,1-6H3. The second-order valence-corrected chi connectivity index (χ2v) is 11.5. The molecule has 0 aliphatic heterocycles. The first-order valence-corrected chi connectivity index (χ1v) is 14.9. The van der Waals surface area contributed by atoms with E-state index < -0.39 is 8.80 Å². The fourth-order valence-electron chi connectivity index (χ4n) is 3.70. The van der Waals surface area contributed by atoms with Gasteiger partial charge in [-0.2, -0.15) is 0 Å². The Bertz CT molecular complexity index is 338. The van der Waals surface area contributed by atoms with Crippen molar-refractivity contribution >= 4 is 8.80 Å². The molecule has 0 radical (unpaired) electrons. The summed E-state index contributed by atoms with van der Waals surface area (Å²) in [7, 11) is -2.86. The molecule has 0 aromatic carbocycles. The molecular weight excluding hydrogens is 388 g/mol. The van der Waals surface area contributed by atoms with E-state index in [-0.39, 0.29) is 0 Å². The van der Waals surface area contributed by atoms with Crippen LogP contribution in [-0.2, 0) is 13.3 Å². The van der Waals surface area contributed by atoms with Gasteiger partial charge in [0.15, 0.2) is 0 Å². The van der Waals surface area contributed by atoms with Gasteiger partial charge in [0.2, 0.25) is 0 Å². The fourth-order valence-corrected chi connectivity index (χ4v) is 5.71. The average molecular weight is 443 g/mol. The van der Waals surface area contributed by atoms with Crippen LogP contribution in [0.5, 0.6) is 0 Å². The summed E-state index contributed by atoms with van der Waals surface area (Å²) in [6, 6.07) is 0. The highest BCUT2D eigenvalue weighted by Crippen LogP contribution is 2.23. The zero-order chi connectivity index (χ0) is 22.7. The first-order chi connectivity index (χ1) is 14.5. The van der Waals surface area contributed by atoms with Gasteiger partial charge >= 0.3 is 8.80 Å². The van der Waals surface area contributed by atoms with Crippen LogP contribution in [0, 0.1) is 17.8 Å². The Morgan fingerprint density at radius 1 is 0.600 bits per heavy atom. The number of rotatable bonds is 22. The van der Waals surface area contributed by atoms with Crippen molar-refractivity contribution in [2.75, 3.05) is 19.8 Å². The van der Waals surface area contributed by atoms with Crippen LogP contribution in [0.15, 0.2) is 12.3 Å². The third-order valence-electron chi connectivity index (χ3n) is 6.44. The minimum absolute atomic E-state index is 0.577. The smallest absolute Gasteiger partial charge is 0.370 e. The van der Waals surface area contributed by atoms with Gasteiger partial charge in [-0.15, -0.1) is 0 Å². The Labute approximate surface area is 190 Å². The van der Waals surface area contributed by atoms with Crippen LogP contribution in [0.4, 0.5) is 0 Å². The summed E-state index contributed by atoms with van der Waals surface area (Å²) in [5, 5.41) is 0. The molecule has 0 aliphatic rings. The van der Waals surface area contributed by atoms with E-state index in [9.17, 15) is 0 Å². The van der Waals surface area contributed by atoms with Crippen LogP contribution in [0.1, 0.15) is 119 Å². The van der Waals surface area contributed by atoms with E-state index in [1.165, 1.54) is 57.8 Å².